The van der Waals surface area contributed by atoms with Crippen LogP contribution in [0.3, 0.4) is 0 Å². The van der Waals surface area contributed by atoms with Gasteiger partial charge in [0.15, 0.2) is 11.9 Å². The summed E-state index contributed by atoms with van der Waals surface area (Å²) in [5.41, 5.74) is 5.34. The van der Waals surface area contributed by atoms with Crippen molar-refractivity contribution in [3.05, 3.63) is 60.9 Å². The van der Waals surface area contributed by atoms with Gasteiger partial charge in [-0.2, -0.15) is 0 Å². The Morgan fingerprint density at radius 2 is 1.25 bits per heavy atom. The Morgan fingerprint density at radius 3 is 1.92 bits per heavy atom. The molecule has 0 bridgehead atoms. The van der Waals surface area contributed by atoms with E-state index in [4.69, 9.17) is 24.3 Å². The van der Waals surface area contributed by atoms with E-state index in [1.807, 2.05) is 24.3 Å². The lowest BCUT2D eigenvalue weighted by atomic mass is 10.0. The Kier molecular flexibility index (Phi) is 35.8. The van der Waals surface area contributed by atoms with Crippen molar-refractivity contribution in [3.63, 3.8) is 0 Å². The molecular weight excluding hydrogens is 665 g/mol. The van der Waals surface area contributed by atoms with Gasteiger partial charge in [-0.25, -0.2) is 4.57 Å². The van der Waals surface area contributed by atoms with Crippen molar-refractivity contribution in [3.8, 4) is 0 Å². The zero-order chi connectivity index (χ0) is 37.5. The fraction of sp³-hybridized carbons (Fsp3) is 0.707. The molecule has 9 nitrogen and oxygen atoms in total. The van der Waals surface area contributed by atoms with Crippen LogP contribution in [0.1, 0.15) is 155 Å². The van der Waals surface area contributed by atoms with Crippen LogP contribution in [0.15, 0.2) is 60.9 Å². The second-order valence-electron chi connectivity index (χ2n) is 12.9. The Morgan fingerprint density at radius 1 is 0.667 bits per heavy atom. The Bertz CT molecular complexity index is 1020. The fourth-order valence-corrected chi connectivity index (χ4v) is 5.75. The Balaban J connectivity index is 4.28. The van der Waals surface area contributed by atoms with Crippen LogP contribution >= 0.6 is 7.82 Å². The molecule has 0 aromatic carbocycles. The predicted molar refractivity (Wildman–Crippen MR) is 210 cm³/mol. The smallest absolute Gasteiger partial charge is 0.472 e. The number of allylic oxidation sites excluding steroid dienone is 9. The highest BCUT2D eigenvalue weighted by Gasteiger charge is 2.24. The first kappa shape index (κ1) is 48.7. The number of nitrogens with two attached hydrogens (primary N) is 1. The molecule has 0 heterocycles. The highest BCUT2D eigenvalue weighted by Crippen LogP contribution is 2.43. The minimum absolute atomic E-state index is 0.0824. The second kappa shape index (κ2) is 37.5. The topological polar surface area (TPSA) is 134 Å². The summed E-state index contributed by atoms with van der Waals surface area (Å²) in [4.78, 5) is 33.9. The minimum atomic E-state index is -4.29. The van der Waals surface area contributed by atoms with Gasteiger partial charge in [-0.3, -0.25) is 18.6 Å². The first-order chi connectivity index (χ1) is 24.8. The average molecular weight is 738 g/mol. The van der Waals surface area contributed by atoms with Crippen LogP contribution in [0.5, 0.6) is 0 Å². The average Bonchev–Trinajstić information content (AvgIpc) is 3.11. The number of carbonyl (C=O) groups is 2. The third-order valence-electron chi connectivity index (χ3n) is 8.00. The molecule has 0 aromatic rings. The van der Waals surface area contributed by atoms with Crippen molar-refractivity contribution < 1.29 is 37.6 Å². The van der Waals surface area contributed by atoms with Gasteiger partial charge in [0, 0.05) is 19.4 Å². The summed E-state index contributed by atoms with van der Waals surface area (Å²) in [5, 5.41) is 0. The summed E-state index contributed by atoms with van der Waals surface area (Å²) in [5.74, 6) is -0.189. The third kappa shape index (κ3) is 37.3. The molecule has 0 aliphatic heterocycles. The number of hydrogen-bond acceptors (Lipinski definition) is 8. The van der Waals surface area contributed by atoms with Crippen LogP contribution in [-0.2, 0) is 32.7 Å². The maximum Gasteiger partial charge on any atom is 0.472 e. The van der Waals surface area contributed by atoms with E-state index in [0.717, 1.165) is 51.4 Å². The summed E-state index contributed by atoms with van der Waals surface area (Å²) < 4.78 is 33.0. The first-order valence-electron chi connectivity index (χ1n) is 19.8. The zero-order valence-electron chi connectivity index (χ0n) is 32.1. The summed E-state index contributed by atoms with van der Waals surface area (Å²) in [6.07, 6.45) is 41.8. The first-order valence-corrected chi connectivity index (χ1v) is 21.3. The van der Waals surface area contributed by atoms with Crippen molar-refractivity contribution in [2.75, 3.05) is 26.4 Å². The van der Waals surface area contributed by atoms with Gasteiger partial charge in [0.2, 0.25) is 0 Å². The van der Waals surface area contributed by atoms with Crippen LogP contribution in [0.4, 0.5) is 0 Å². The van der Waals surface area contributed by atoms with Gasteiger partial charge >= 0.3 is 13.8 Å². The number of ketones is 1. The Hall–Kier alpha value is -2.29. The van der Waals surface area contributed by atoms with Gasteiger partial charge in [-0.1, -0.05) is 140 Å². The highest BCUT2D eigenvalue weighted by atomic mass is 31.2. The van der Waals surface area contributed by atoms with E-state index in [0.29, 0.717) is 12.8 Å². The van der Waals surface area contributed by atoms with Gasteiger partial charge < -0.3 is 20.1 Å². The van der Waals surface area contributed by atoms with E-state index < -0.39 is 13.9 Å². The largest absolute Gasteiger partial charge is 0.492 e. The molecule has 0 aromatic heterocycles. The number of unbranched alkanes of at least 4 members (excludes halogenated alkanes) is 15. The number of hydrogen-bond donors (Lipinski definition) is 2. The minimum Gasteiger partial charge on any atom is -0.492 e. The zero-order valence-corrected chi connectivity index (χ0v) is 33.0. The summed E-state index contributed by atoms with van der Waals surface area (Å²) >= 11 is 0. The molecule has 0 saturated carbocycles. The van der Waals surface area contributed by atoms with E-state index in [1.165, 1.54) is 70.6 Å². The van der Waals surface area contributed by atoms with Crippen LogP contribution in [-0.4, -0.2) is 49.1 Å². The van der Waals surface area contributed by atoms with Gasteiger partial charge in [-0.05, 0) is 57.1 Å². The van der Waals surface area contributed by atoms with Crippen molar-refractivity contribution >= 4 is 19.6 Å². The molecule has 0 amide bonds. The molecule has 51 heavy (non-hydrogen) atoms. The molecule has 0 fully saturated rings. The third-order valence-corrected chi connectivity index (χ3v) is 8.99. The van der Waals surface area contributed by atoms with Gasteiger partial charge in [0.1, 0.15) is 6.61 Å². The van der Waals surface area contributed by atoms with E-state index >= 15 is 0 Å². The van der Waals surface area contributed by atoms with Crippen molar-refractivity contribution in [1.82, 2.24) is 0 Å². The molecule has 294 valence electrons. The van der Waals surface area contributed by atoms with Crippen LogP contribution < -0.4 is 5.73 Å². The van der Waals surface area contributed by atoms with E-state index in [-0.39, 0.29) is 44.5 Å². The van der Waals surface area contributed by atoms with Crippen molar-refractivity contribution in [1.29, 1.82) is 0 Å². The summed E-state index contributed by atoms with van der Waals surface area (Å²) in [7, 11) is -4.29. The summed E-state index contributed by atoms with van der Waals surface area (Å²) in [6, 6.07) is 0. The highest BCUT2D eigenvalue weighted by molar-refractivity contribution is 7.47. The fourth-order valence-electron chi connectivity index (χ4n) is 4.99. The molecule has 10 heteroatoms. The quantitative estimate of drug-likeness (QED) is 0.0121. The van der Waals surface area contributed by atoms with Crippen molar-refractivity contribution in [2.24, 2.45) is 5.73 Å². The standard InChI is InChI=1S/C41H72NO8P/c1-3-5-7-8-9-10-11-12-13-17-20-23-26-30-35-47-40(38-50-51(45,46)49-36-34-42)37-48-41(44)33-29-25-22-19-16-14-15-18-21-24-28-32-39(43)31-27-6-4-2/h14-15,19,21-22,24,28,30,32,35,40H,3-13,16-18,20,23,25-27,29,31,33-34,36-38,42H2,1-2H3,(H,45,46)/b15-14-,22-19-,24-21-,32-28+,35-30+/t40-/m1/s1. The Labute approximate surface area is 310 Å². The molecule has 0 saturated heterocycles. The van der Waals surface area contributed by atoms with E-state index in [9.17, 15) is 19.0 Å². The molecular formula is C41H72NO8P. The normalized spacial score (nSPS) is 14.0. The number of esters is 1. The predicted octanol–water partition coefficient (Wildman–Crippen LogP) is 10.9. The molecule has 0 rings (SSSR count). The maximum atomic E-state index is 12.3. The molecule has 0 aliphatic carbocycles. The lowest BCUT2D eigenvalue weighted by molar-refractivity contribution is -0.147. The van der Waals surface area contributed by atoms with Crippen LogP contribution in [0.2, 0.25) is 0 Å². The SMILES string of the molecule is CCCCCCCCCCCCCC/C=C/O[C@H](COC(=O)CCC/C=C\C/C=C\C/C=C\C=C\C(=O)CCCCC)COP(=O)(O)OCCN. The molecule has 0 spiro atoms. The number of ether oxygens (including phenoxy) is 2. The molecule has 0 aliphatic rings. The summed E-state index contributed by atoms with van der Waals surface area (Å²) in [6.45, 7) is 3.95. The number of rotatable bonds is 37. The lowest BCUT2D eigenvalue weighted by Crippen LogP contribution is -2.25. The van der Waals surface area contributed by atoms with E-state index in [2.05, 4.69) is 32.1 Å². The molecule has 1 unspecified atom stereocenters. The maximum absolute atomic E-state index is 12.3. The number of phosphoric acid groups is 1. The van der Waals surface area contributed by atoms with E-state index in [1.54, 1.807) is 18.4 Å². The molecule has 0 radical (unpaired) electrons. The molecule has 2 atom stereocenters. The molecule has 3 N–H and O–H groups in total. The van der Waals surface area contributed by atoms with Gasteiger partial charge in [0.05, 0.1) is 19.5 Å². The second-order valence-corrected chi connectivity index (χ2v) is 14.3. The van der Waals surface area contributed by atoms with Crippen LogP contribution in [0, 0.1) is 0 Å². The van der Waals surface area contributed by atoms with Crippen molar-refractivity contribution in [2.45, 2.75) is 161 Å². The lowest BCUT2D eigenvalue weighted by Gasteiger charge is -2.19. The monoisotopic (exact) mass is 737 g/mol. The van der Waals surface area contributed by atoms with Crippen LogP contribution in [0.25, 0.3) is 0 Å². The number of phosphoric ester groups is 1. The number of carbonyl (C=O) groups excluding carboxylic acids is 2. The van der Waals surface area contributed by atoms with Gasteiger partial charge in [0.25, 0.3) is 0 Å². The van der Waals surface area contributed by atoms with Gasteiger partial charge in [-0.15, -0.1) is 0 Å².